The van der Waals surface area contributed by atoms with Gasteiger partial charge in [0.2, 0.25) is 5.91 Å². The van der Waals surface area contributed by atoms with E-state index in [9.17, 15) is 4.79 Å². The minimum absolute atomic E-state index is 0.000556. The molecule has 2 N–H and O–H groups in total. The third kappa shape index (κ3) is 1.42. The molecule has 0 radical (unpaired) electrons. The van der Waals surface area contributed by atoms with Crippen molar-refractivity contribution in [2.24, 2.45) is 0 Å². The van der Waals surface area contributed by atoms with Gasteiger partial charge in [-0.3, -0.25) is 4.79 Å². The summed E-state index contributed by atoms with van der Waals surface area (Å²) < 4.78 is 0.901. The number of carbonyl (C=O) groups is 1. The Morgan fingerprint density at radius 1 is 1.46 bits per heavy atom. The highest BCUT2D eigenvalue weighted by atomic mass is 79.9. The van der Waals surface area contributed by atoms with Gasteiger partial charge in [0.25, 0.3) is 0 Å². The highest BCUT2D eigenvalue weighted by molar-refractivity contribution is 9.10. The Morgan fingerprint density at radius 3 is 3.00 bits per heavy atom. The van der Waals surface area contributed by atoms with Crippen molar-refractivity contribution in [2.75, 3.05) is 10.6 Å². The molecular formula is C9H9BrN2O. The van der Waals surface area contributed by atoms with Crippen molar-refractivity contribution in [1.29, 1.82) is 0 Å². The number of rotatable bonds is 0. The van der Waals surface area contributed by atoms with Gasteiger partial charge in [-0.15, -0.1) is 0 Å². The summed E-state index contributed by atoms with van der Waals surface area (Å²) in [5.41, 5.74) is 1.78. The molecule has 0 unspecified atom stereocenters. The smallest absolute Gasteiger partial charge is 0.246 e. The van der Waals surface area contributed by atoms with Crippen LogP contribution in [0.5, 0.6) is 0 Å². The highest BCUT2D eigenvalue weighted by Crippen LogP contribution is 2.33. The minimum Gasteiger partial charge on any atom is -0.372 e. The maximum Gasteiger partial charge on any atom is 0.246 e. The van der Waals surface area contributed by atoms with Crippen LogP contribution in [0.25, 0.3) is 0 Å². The van der Waals surface area contributed by atoms with Crippen LogP contribution in [0.1, 0.15) is 6.92 Å². The van der Waals surface area contributed by atoms with E-state index >= 15 is 0 Å². The number of hydrogen-bond donors (Lipinski definition) is 2. The summed E-state index contributed by atoms with van der Waals surface area (Å²) in [5, 5.41) is 5.94. The van der Waals surface area contributed by atoms with Crippen LogP contribution in [0.2, 0.25) is 0 Å². The Morgan fingerprint density at radius 2 is 2.23 bits per heavy atom. The average molecular weight is 241 g/mol. The van der Waals surface area contributed by atoms with Crippen LogP contribution in [-0.4, -0.2) is 11.9 Å². The lowest BCUT2D eigenvalue weighted by atomic mass is 10.1. The molecule has 13 heavy (non-hydrogen) atoms. The van der Waals surface area contributed by atoms with Crippen LogP contribution in [-0.2, 0) is 4.79 Å². The zero-order chi connectivity index (χ0) is 9.42. The second-order valence-electron chi connectivity index (χ2n) is 3.02. The third-order valence-corrected chi connectivity index (χ3v) is 2.69. The largest absolute Gasteiger partial charge is 0.372 e. The summed E-state index contributed by atoms with van der Waals surface area (Å²) in [6, 6.07) is 5.61. The maximum atomic E-state index is 11.3. The van der Waals surface area contributed by atoms with Crippen LogP contribution in [0.3, 0.4) is 0 Å². The topological polar surface area (TPSA) is 41.1 Å². The molecule has 1 aliphatic heterocycles. The van der Waals surface area contributed by atoms with Crippen LogP contribution < -0.4 is 10.6 Å². The van der Waals surface area contributed by atoms with E-state index in [0.29, 0.717) is 0 Å². The normalized spacial score (nSPS) is 20.2. The van der Waals surface area contributed by atoms with Gasteiger partial charge in [0.15, 0.2) is 0 Å². The number of anilines is 2. The molecule has 1 heterocycles. The quantitative estimate of drug-likeness (QED) is 0.731. The van der Waals surface area contributed by atoms with Crippen molar-refractivity contribution >= 4 is 33.2 Å². The SMILES string of the molecule is C[C@@H]1Nc2cccc(Br)c2NC1=O. The fourth-order valence-electron chi connectivity index (χ4n) is 1.30. The first kappa shape index (κ1) is 8.56. The van der Waals surface area contributed by atoms with E-state index in [2.05, 4.69) is 26.6 Å². The van der Waals surface area contributed by atoms with Crippen LogP contribution in [0.4, 0.5) is 11.4 Å². The molecule has 2 rings (SSSR count). The standard InChI is InChI=1S/C9H9BrN2O/c1-5-9(13)12-8-6(10)3-2-4-7(8)11-5/h2-5,11H,1H3,(H,12,13)/t5-/m0/s1. The van der Waals surface area contributed by atoms with E-state index in [4.69, 9.17) is 0 Å². The first-order valence-corrected chi connectivity index (χ1v) is 4.83. The van der Waals surface area contributed by atoms with Crippen molar-refractivity contribution in [2.45, 2.75) is 13.0 Å². The third-order valence-electron chi connectivity index (χ3n) is 2.03. The lowest BCUT2D eigenvalue weighted by Gasteiger charge is -2.24. The van der Waals surface area contributed by atoms with Crippen molar-refractivity contribution in [3.8, 4) is 0 Å². The van der Waals surface area contributed by atoms with Gasteiger partial charge in [-0.2, -0.15) is 0 Å². The zero-order valence-corrected chi connectivity index (χ0v) is 8.68. The molecule has 1 amide bonds. The molecule has 1 aromatic rings. The first-order valence-electron chi connectivity index (χ1n) is 4.04. The van der Waals surface area contributed by atoms with E-state index in [1.165, 1.54) is 0 Å². The van der Waals surface area contributed by atoms with Gasteiger partial charge in [0.1, 0.15) is 6.04 Å². The van der Waals surface area contributed by atoms with Gasteiger partial charge in [-0.05, 0) is 35.0 Å². The summed E-state index contributed by atoms with van der Waals surface area (Å²) in [6.45, 7) is 1.83. The van der Waals surface area contributed by atoms with Crippen molar-refractivity contribution in [3.63, 3.8) is 0 Å². The molecule has 0 fully saturated rings. The van der Waals surface area contributed by atoms with E-state index in [1.54, 1.807) is 0 Å². The first-order chi connectivity index (χ1) is 6.18. The molecular weight excluding hydrogens is 232 g/mol. The Hall–Kier alpha value is -1.03. The molecule has 0 aliphatic carbocycles. The molecule has 0 bridgehead atoms. The van der Waals surface area contributed by atoms with Crippen molar-refractivity contribution in [3.05, 3.63) is 22.7 Å². The second-order valence-corrected chi connectivity index (χ2v) is 3.87. The van der Waals surface area contributed by atoms with Crippen LogP contribution >= 0.6 is 15.9 Å². The molecule has 0 aromatic heterocycles. The minimum atomic E-state index is -0.165. The molecule has 68 valence electrons. The number of amides is 1. The van der Waals surface area contributed by atoms with Gasteiger partial charge in [-0.25, -0.2) is 0 Å². The number of para-hydroxylation sites is 1. The van der Waals surface area contributed by atoms with Crippen molar-refractivity contribution in [1.82, 2.24) is 0 Å². The summed E-state index contributed by atoms with van der Waals surface area (Å²) >= 11 is 3.37. The summed E-state index contributed by atoms with van der Waals surface area (Å²) in [6.07, 6.45) is 0. The van der Waals surface area contributed by atoms with E-state index in [-0.39, 0.29) is 11.9 Å². The Labute approximate surface area is 84.6 Å². The van der Waals surface area contributed by atoms with Crippen LogP contribution in [0.15, 0.2) is 22.7 Å². The summed E-state index contributed by atoms with van der Waals surface area (Å²) in [4.78, 5) is 11.3. The van der Waals surface area contributed by atoms with Crippen molar-refractivity contribution < 1.29 is 4.79 Å². The van der Waals surface area contributed by atoms with E-state index in [1.807, 2.05) is 25.1 Å². The molecule has 1 atom stereocenters. The van der Waals surface area contributed by atoms with E-state index in [0.717, 1.165) is 15.8 Å². The number of hydrogen-bond acceptors (Lipinski definition) is 2. The number of fused-ring (bicyclic) bond motifs is 1. The molecule has 3 nitrogen and oxygen atoms in total. The summed E-state index contributed by atoms with van der Waals surface area (Å²) in [5.74, 6) is -0.000556. The lowest BCUT2D eigenvalue weighted by Crippen LogP contribution is -2.36. The Bertz CT molecular complexity index is 365. The van der Waals surface area contributed by atoms with Gasteiger partial charge in [0, 0.05) is 4.47 Å². The molecule has 0 spiro atoms. The molecule has 4 heteroatoms. The predicted molar refractivity (Wildman–Crippen MR) is 55.9 cm³/mol. The van der Waals surface area contributed by atoms with E-state index < -0.39 is 0 Å². The van der Waals surface area contributed by atoms with Crippen LogP contribution in [0, 0.1) is 0 Å². The molecule has 1 aromatic carbocycles. The fraction of sp³-hybridized carbons (Fsp3) is 0.222. The monoisotopic (exact) mass is 240 g/mol. The van der Waals surface area contributed by atoms with Gasteiger partial charge in [-0.1, -0.05) is 6.07 Å². The molecule has 0 saturated carbocycles. The van der Waals surface area contributed by atoms with Gasteiger partial charge >= 0.3 is 0 Å². The maximum absolute atomic E-state index is 11.3. The second kappa shape index (κ2) is 3.03. The number of nitrogens with one attached hydrogen (secondary N) is 2. The highest BCUT2D eigenvalue weighted by Gasteiger charge is 2.22. The molecule has 0 saturated heterocycles. The predicted octanol–water partition coefficient (Wildman–Crippen LogP) is 2.20. The Kier molecular flexibility index (Phi) is 2.00. The number of halogens is 1. The molecule has 1 aliphatic rings. The average Bonchev–Trinajstić information content (AvgIpc) is 2.09. The fourth-order valence-corrected chi connectivity index (χ4v) is 1.77. The van der Waals surface area contributed by atoms with Gasteiger partial charge < -0.3 is 10.6 Å². The summed E-state index contributed by atoms with van der Waals surface area (Å²) in [7, 11) is 0. The lowest BCUT2D eigenvalue weighted by molar-refractivity contribution is -0.116. The Balaban J connectivity index is 2.48. The number of benzene rings is 1. The zero-order valence-electron chi connectivity index (χ0n) is 7.10. The number of carbonyl (C=O) groups excluding carboxylic acids is 1. The van der Waals surface area contributed by atoms with Gasteiger partial charge in [0.05, 0.1) is 11.4 Å².